The topological polar surface area (TPSA) is 90.2 Å². The number of halogens is 1. The van der Waals surface area contributed by atoms with Crippen LogP contribution in [0.5, 0.6) is 0 Å². The number of nitrogens with one attached hydrogen (secondary N) is 1. The molecule has 1 aromatic carbocycles. The van der Waals surface area contributed by atoms with Crippen molar-refractivity contribution in [2.45, 2.75) is 6.42 Å². The molecule has 0 radical (unpaired) electrons. The number of carbonyl (C=O) groups excluding carboxylic acids is 1. The quantitative estimate of drug-likeness (QED) is 0.841. The first-order chi connectivity index (χ1) is 7.54. The van der Waals surface area contributed by atoms with Gasteiger partial charge in [0.2, 0.25) is 5.91 Å². The second-order valence-electron chi connectivity index (χ2n) is 2.88. The van der Waals surface area contributed by atoms with Gasteiger partial charge < -0.3 is 10.4 Å². The van der Waals surface area contributed by atoms with Crippen molar-refractivity contribution in [2.75, 3.05) is 5.32 Å². The van der Waals surface area contributed by atoms with Gasteiger partial charge in [-0.3, -0.25) is 4.79 Å². The maximum Gasteiger partial charge on any atom is 0.337 e. The molecule has 1 amide bonds. The molecule has 6 heteroatoms. The van der Waals surface area contributed by atoms with Crippen molar-refractivity contribution in [3.8, 4) is 6.07 Å². The predicted molar refractivity (Wildman–Crippen MR) is 57.3 cm³/mol. The first-order valence-electron chi connectivity index (χ1n) is 4.24. The number of aromatic carboxylic acids is 1. The molecule has 2 N–H and O–H groups in total. The van der Waals surface area contributed by atoms with E-state index in [9.17, 15) is 9.59 Å². The highest BCUT2D eigenvalue weighted by Crippen LogP contribution is 2.20. The van der Waals surface area contributed by atoms with Gasteiger partial charge in [-0.05, 0) is 18.2 Å². The number of carboxylic acid groups (broad SMARTS) is 1. The number of hydrogen-bond donors (Lipinski definition) is 2. The average molecular weight is 239 g/mol. The van der Waals surface area contributed by atoms with Gasteiger partial charge in [0.05, 0.1) is 16.7 Å². The molecular formula is C10H7ClN2O3. The van der Waals surface area contributed by atoms with Crippen molar-refractivity contribution >= 4 is 29.2 Å². The number of anilines is 1. The highest BCUT2D eigenvalue weighted by molar-refractivity contribution is 6.33. The van der Waals surface area contributed by atoms with Gasteiger partial charge in [0, 0.05) is 5.69 Å². The fraction of sp³-hybridized carbons (Fsp3) is 0.100. The van der Waals surface area contributed by atoms with Crippen molar-refractivity contribution in [1.29, 1.82) is 5.26 Å². The van der Waals surface area contributed by atoms with Gasteiger partial charge in [0.1, 0.15) is 6.42 Å². The molecule has 0 aromatic heterocycles. The second-order valence-corrected chi connectivity index (χ2v) is 3.29. The van der Waals surface area contributed by atoms with Gasteiger partial charge in [0.15, 0.2) is 0 Å². The van der Waals surface area contributed by atoms with Crippen LogP contribution in [0.2, 0.25) is 5.02 Å². The monoisotopic (exact) mass is 238 g/mol. The van der Waals surface area contributed by atoms with Crippen LogP contribution in [0.25, 0.3) is 0 Å². The third-order valence-electron chi connectivity index (χ3n) is 1.72. The van der Waals surface area contributed by atoms with E-state index in [2.05, 4.69) is 5.32 Å². The van der Waals surface area contributed by atoms with Crippen LogP contribution in [0.4, 0.5) is 5.69 Å². The standard InChI is InChI=1S/C10H7ClN2O3/c11-8-5-6(13-9(14)3-4-12)1-2-7(8)10(15)16/h1-2,5H,3H2,(H,13,14)(H,15,16). The lowest BCUT2D eigenvalue weighted by Gasteiger charge is -2.04. The Morgan fingerprint density at radius 3 is 2.69 bits per heavy atom. The van der Waals surface area contributed by atoms with E-state index in [1.807, 2.05) is 0 Å². The summed E-state index contributed by atoms with van der Waals surface area (Å²) in [5.41, 5.74) is 0.315. The van der Waals surface area contributed by atoms with E-state index in [4.69, 9.17) is 22.0 Å². The van der Waals surface area contributed by atoms with Crippen LogP contribution in [-0.2, 0) is 4.79 Å². The zero-order chi connectivity index (χ0) is 12.1. The van der Waals surface area contributed by atoms with Gasteiger partial charge in [-0.2, -0.15) is 5.26 Å². The molecule has 0 atom stereocenters. The Labute approximate surface area is 96.3 Å². The van der Waals surface area contributed by atoms with Crippen molar-refractivity contribution in [1.82, 2.24) is 0 Å². The molecule has 0 bridgehead atoms. The molecule has 0 aliphatic carbocycles. The van der Waals surface area contributed by atoms with Gasteiger partial charge in [-0.1, -0.05) is 11.6 Å². The van der Waals surface area contributed by atoms with Crippen LogP contribution >= 0.6 is 11.6 Å². The summed E-state index contributed by atoms with van der Waals surface area (Å²) < 4.78 is 0. The fourth-order valence-electron chi connectivity index (χ4n) is 1.04. The van der Waals surface area contributed by atoms with E-state index < -0.39 is 11.9 Å². The molecule has 82 valence electrons. The second kappa shape index (κ2) is 5.14. The molecule has 0 aliphatic rings. The van der Waals surface area contributed by atoms with E-state index in [1.54, 1.807) is 6.07 Å². The molecule has 0 unspecified atom stereocenters. The lowest BCUT2D eigenvalue weighted by molar-refractivity contribution is -0.115. The summed E-state index contributed by atoms with van der Waals surface area (Å²) in [6.45, 7) is 0. The number of carboxylic acids is 1. The lowest BCUT2D eigenvalue weighted by Crippen LogP contribution is -2.10. The zero-order valence-corrected chi connectivity index (χ0v) is 8.78. The molecule has 1 aromatic rings. The van der Waals surface area contributed by atoms with Crippen LogP contribution in [0.1, 0.15) is 16.8 Å². The van der Waals surface area contributed by atoms with E-state index in [-0.39, 0.29) is 17.0 Å². The average Bonchev–Trinajstić information content (AvgIpc) is 2.17. The lowest BCUT2D eigenvalue weighted by atomic mass is 10.2. The predicted octanol–water partition coefficient (Wildman–Crippen LogP) is 1.89. The fourth-order valence-corrected chi connectivity index (χ4v) is 1.30. The Kier molecular flexibility index (Phi) is 3.86. The summed E-state index contributed by atoms with van der Waals surface area (Å²) in [6, 6.07) is 5.70. The highest BCUT2D eigenvalue weighted by atomic mass is 35.5. The van der Waals surface area contributed by atoms with E-state index >= 15 is 0 Å². The largest absolute Gasteiger partial charge is 0.478 e. The van der Waals surface area contributed by atoms with Crippen LogP contribution in [0.15, 0.2) is 18.2 Å². The number of benzene rings is 1. The van der Waals surface area contributed by atoms with Crippen LogP contribution in [0, 0.1) is 11.3 Å². The molecule has 1 rings (SSSR count). The normalized spacial score (nSPS) is 9.25. The Bertz CT molecular complexity index is 479. The Hall–Kier alpha value is -2.06. The molecule has 0 saturated heterocycles. The Morgan fingerprint density at radius 2 is 2.19 bits per heavy atom. The Morgan fingerprint density at radius 1 is 1.50 bits per heavy atom. The van der Waals surface area contributed by atoms with E-state index in [1.165, 1.54) is 18.2 Å². The van der Waals surface area contributed by atoms with E-state index in [0.29, 0.717) is 5.69 Å². The van der Waals surface area contributed by atoms with Gasteiger partial charge in [0.25, 0.3) is 0 Å². The van der Waals surface area contributed by atoms with Crippen LogP contribution < -0.4 is 5.32 Å². The number of nitriles is 1. The highest BCUT2D eigenvalue weighted by Gasteiger charge is 2.09. The summed E-state index contributed by atoms with van der Waals surface area (Å²) >= 11 is 5.69. The SMILES string of the molecule is N#CCC(=O)Nc1ccc(C(=O)O)c(Cl)c1. The summed E-state index contributed by atoms with van der Waals surface area (Å²) in [4.78, 5) is 21.7. The van der Waals surface area contributed by atoms with Crippen LogP contribution in [-0.4, -0.2) is 17.0 Å². The maximum atomic E-state index is 11.0. The van der Waals surface area contributed by atoms with Gasteiger partial charge in [-0.15, -0.1) is 0 Å². The molecule has 5 nitrogen and oxygen atoms in total. The third-order valence-corrected chi connectivity index (χ3v) is 2.04. The minimum Gasteiger partial charge on any atom is -0.478 e. The number of rotatable bonds is 3. The minimum atomic E-state index is -1.14. The molecular weight excluding hydrogens is 232 g/mol. The summed E-state index contributed by atoms with van der Waals surface area (Å²) in [7, 11) is 0. The molecule has 0 fully saturated rings. The van der Waals surface area contributed by atoms with Gasteiger partial charge in [-0.25, -0.2) is 4.79 Å². The molecule has 0 heterocycles. The van der Waals surface area contributed by atoms with Crippen molar-refractivity contribution in [2.24, 2.45) is 0 Å². The minimum absolute atomic E-state index is 0.0299. The van der Waals surface area contributed by atoms with Crippen molar-refractivity contribution in [3.63, 3.8) is 0 Å². The Balaban J connectivity index is 2.86. The molecule has 0 spiro atoms. The summed E-state index contributed by atoms with van der Waals surface area (Å²) in [5, 5.41) is 19.4. The van der Waals surface area contributed by atoms with Crippen molar-refractivity contribution < 1.29 is 14.7 Å². The van der Waals surface area contributed by atoms with Crippen molar-refractivity contribution in [3.05, 3.63) is 28.8 Å². The number of amides is 1. The number of nitrogens with zero attached hydrogens (tertiary/aromatic N) is 1. The zero-order valence-electron chi connectivity index (χ0n) is 8.03. The third kappa shape index (κ3) is 2.97. The van der Waals surface area contributed by atoms with E-state index in [0.717, 1.165) is 0 Å². The molecule has 0 aliphatic heterocycles. The smallest absolute Gasteiger partial charge is 0.337 e. The molecule has 0 saturated carbocycles. The summed E-state index contributed by atoms with van der Waals surface area (Å²) in [5.74, 6) is -1.61. The summed E-state index contributed by atoms with van der Waals surface area (Å²) in [6.07, 6.45) is -0.266. The maximum absolute atomic E-state index is 11.0. The van der Waals surface area contributed by atoms with Gasteiger partial charge >= 0.3 is 5.97 Å². The van der Waals surface area contributed by atoms with Crippen LogP contribution in [0.3, 0.4) is 0 Å². The number of hydrogen-bond acceptors (Lipinski definition) is 3. The first-order valence-corrected chi connectivity index (χ1v) is 4.62. The number of carbonyl (C=O) groups is 2. The molecule has 16 heavy (non-hydrogen) atoms. The first kappa shape index (κ1) is 12.0.